The summed E-state index contributed by atoms with van der Waals surface area (Å²) >= 11 is 0. The Morgan fingerprint density at radius 2 is 0.946 bits per heavy atom. The Balaban J connectivity index is 4.34. The SMILES string of the molecule is CC/C=C/C/C=C/C/C=C/C/C=C/C/C=C/C/C=C/CCCCCCC(=O)OCC(COCCC(C(=O)O)[N+](C)(C)C)OC(=O)CCCC/C=C/C/C=C/CC. The summed E-state index contributed by atoms with van der Waals surface area (Å²) in [5.74, 6) is -1.57. The van der Waals surface area contributed by atoms with Gasteiger partial charge in [-0.25, -0.2) is 4.79 Å². The van der Waals surface area contributed by atoms with Gasteiger partial charge in [0.1, 0.15) is 6.61 Å². The van der Waals surface area contributed by atoms with E-state index < -0.39 is 18.1 Å². The summed E-state index contributed by atoms with van der Waals surface area (Å²) in [6, 6.07) is -0.629. The van der Waals surface area contributed by atoms with Crippen molar-refractivity contribution in [3.05, 3.63) is 97.2 Å². The van der Waals surface area contributed by atoms with Gasteiger partial charge in [0, 0.05) is 19.3 Å². The van der Waals surface area contributed by atoms with Crippen LogP contribution in [0.4, 0.5) is 0 Å². The van der Waals surface area contributed by atoms with Crippen LogP contribution in [0.5, 0.6) is 0 Å². The third kappa shape index (κ3) is 35.9. The molecule has 2 unspecified atom stereocenters. The van der Waals surface area contributed by atoms with Crippen LogP contribution in [0.3, 0.4) is 0 Å². The van der Waals surface area contributed by atoms with Crippen LogP contribution in [0.15, 0.2) is 97.2 Å². The lowest BCUT2D eigenvalue weighted by atomic mass is 10.1. The number of esters is 2. The number of hydrogen-bond acceptors (Lipinski definition) is 6. The van der Waals surface area contributed by atoms with Crippen LogP contribution in [0.2, 0.25) is 0 Å². The highest BCUT2D eigenvalue weighted by Gasteiger charge is 2.31. The van der Waals surface area contributed by atoms with Crippen molar-refractivity contribution >= 4 is 17.9 Å². The molecule has 0 aliphatic carbocycles. The molecule has 0 aromatic heterocycles. The second-order valence-electron chi connectivity index (χ2n) is 14.8. The van der Waals surface area contributed by atoms with E-state index in [0.717, 1.165) is 96.3 Å². The van der Waals surface area contributed by atoms with E-state index in [2.05, 4.69) is 111 Å². The zero-order chi connectivity index (χ0) is 41.4. The summed E-state index contributed by atoms with van der Waals surface area (Å²) < 4.78 is 17.1. The first-order chi connectivity index (χ1) is 27.1. The fourth-order valence-corrected chi connectivity index (χ4v) is 5.48. The highest BCUT2D eigenvalue weighted by atomic mass is 16.6. The smallest absolute Gasteiger partial charge is 0.362 e. The van der Waals surface area contributed by atoms with Gasteiger partial charge < -0.3 is 23.8 Å². The van der Waals surface area contributed by atoms with Crippen LogP contribution in [-0.4, -0.2) is 80.6 Å². The first-order valence-corrected chi connectivity index (χ1v) is 21.3. The van der Waals surface area contributed by atoms with Gasteiger partial charge >= 0.3 is 17.9 Å². The number of rotatable bonds is 36. The molecule has 56 heavy (non-hydrogen) atoms. The standard InChI is InChI=1S/C48H77NO7/c1-6-8-10-12-14-16-17-18-19-20-21-22-23-24-25-26-27-28-29-31-32-34-36-38-46(50)55-43-44(42-54-41-40-45(48(52)53)49(3,4)5)56-47(51)39-37-35-33-30-15-13-11-9-7-2/h8-11,14-16,18-19,21-22,24-25,27-28,30,44-45H,6-7,12-13,17,20,23,26,29,31-43H2,1-5H3/p+1/b10-8+,11-9+,16-14+,19-18+,22-21+,25-24+,28-27+,30-15+. The number of carboxylic acid groups (broad SMARTS) is 1. The van der Waals surface area contributed by atoms with Gasteiger partial charge in [0.25, 0.3) is 0 Å². The van der Waals surface area contributed by atoms with E-state index in [1.165, 1.54) is 0 Å². The van der Waals surface area contributed by atoms with Gasteiger partial charge in [0.05, 0.1) is 34.4 Å². The van der Waals surface area contributed by atoms with Crippen molar-refractivity contribution < 1.29 is 38.2 Å². The fraction of sp³-hybridized carbons (Fsp3) is 0.604. The molecule has 8 heteroatoms. The monoisotopic (exact) mass is 781 g/mol. The molecule has 2 atom stereocenters. The number of carbonyl (C=O) groups is 3. The van der Waals surface area contributed by atoms with Crippen molar-refractivity contribution in [2.45, 2.75) is 148 Å². The number of likely N-dealkylation sites (N-methyl/N-ethyl adjacent to an activating group) is 1. The molecule has 1 N–H and O–H groups in total. The van der Waals surface area contributed by atoms with Gasteiger partial charge in [0.2, 0.25) is 0 Å². The predicted octanol–water partition coefficient (Wildman–Crippen LogP) is 11.5. The Morgan fingerprint density at radius 1 is 0.536 bits per heavy atom. The third-order valence-electron chi connectivity index (χ3n) is 8.73. The van der Waals surface area contributed by atoms with Crippen LogP contribution < -0.4 is 0 Å². The quantitative estimate of drug-likeness (QED) is 0.0292. The number of ether oxygens (including phenoxy) is 3. The molecule has 0 saturated carbocycles. The lowest BCUT2D eigenvalue weighted by molar-refractivity contribution is -0.887. The van der Waals surface area contributed by atoms with Crippen LogP contribution in [0, 0.1) is 0 Å². The maximum absolute atomic E-state index is 12.6. The molecule has 0 aliphatic rings. The molecular formula is C48H78NO7+. The summed E-state index contributed by atoms with van der Waals surface area (Å²) in [7, 11) is 5.48. The second-order valence-corrected chi connectivity index (χ2v) is 14.8. The molecule has 0 radical (unpaired) electrons. The minimum absolute atomic E-state index is 0.0329. The molecule has 0 aliphatic heterocycles. The molecule has 0 heterocycles. The number of quaternary nitrogens is 1. The molecule has 0 fully saturated rings. The number of unbranched alkanes of at least 4 members (excludes halogenated alkanes) is 6. The topological polar surface area (TPSA) is 99.1 Å². The molecule has 8 nitrogen and oxygen atoms in total. The van der Waals surface area contributed by atoms with E-state index in [1.54, 1.807) is 0 Å². The largest absolute Gasteiger partial charge is 0.477 e. The van der Waals surface area contributed by atoms with E-state index >= 15 is 0 Å². The molecule has 0 spiro atoms. The van der Waals surface area contributed by atoms with E-state index in [9.17, 15) is 19.5 Å². The molecule has 0 saturated heterocycles. The minimum Gasteiger partial charge on any atom is -0.477 e. The number of carbonyl (C=O) groups excluding carboxylic acids is 2. The molecule has 0 rings (SSSR count). The molecular weight excluding hydrogens is 703 g/mol. The number of nitrogens with zero attached hydrogens (tertiary/aromatic N) is 1. The van der Waals surface area contributed by atoms with Crippen LogP contribution in [-0.2, 0) is 28.6 Å². The fourth-order valence-electron chi connectivity index (χ4n) is 5.48. The summed E-state index contributed by atoms with van der Waals surface area (Å²) in [4.78, 5) is 36.8. The van der Waals surface area contributed by atoms with Crippen molar-refractivity contribution in [2.24, 2.45) is 0 Å². The Labute approximate surface area is 341 Å². The molecule has 0 bridgehead atoms. The lowest BCUT2D eigenvalue weighted by Crippen LogP contribution is -2.50. The van der Waals surface area contributed by atoms with Gasteiger partial charge in [-0.05, 0) is 89.9 Å². The number of aliphatic carboxylic acids is 1. The first kappa shape index (κ1) is 52.2. The van der Waals surface area contributed by atoms with Crippen LogP contribution in [0.25, 0.3) is 0 Å². The Bertz CT molecular complexity index is 1230. The van der Waals surface area contributed by atoms with Crippen molar-refractivity contribution in [2.75, 3.05) is 41.0 Å². The predicted molar refractivity (Wildman–Crippen MR) is 233 cm³/mol. The van der Waals surface area contributed by atoms with Gasteiger partial charge in [-0.2, -0.15) is 0 Å². The second kappa shape index (κ2) is 38.1. The summed E-state index contributed by atoms with van der Waals surface area (Å²) in [5.41, 5.74) is 0. The average Bonchev–Trinajstić information content (AvgIpc) is 3.15. The zero-order valence-corrected chi connectivity index (χ0v) is 35.8. The Kier molecular flexibility index (Phi) is 35.6. The van der Waals surface area contributed by atoms with Crippen molar-refractivity contribution in [3.63, 3.8) is 0 Å². The minimum atomic E-state index is -0.890. The van der Waals surface area contributed by atoms with Gasteiger partial charge in [0.15, 0.2) is 12.1 Å². The lowest BCUT2D eigenvalue weighted by Gasteiger charge is -2.31. The number of hydrogen-bond donors (Lipinski definition) is 1. The van der Waals surface area contributed by atoms with E-state index in [4.69, 9.17) is 14.2 Å². The average molecular weight is 781 g/mol. The Morgan fingerprint density at radius 3 is 1.41 bits per heavy atom. The van der Waals surface area contributed by atoms with Crippen LogP contribution in [0.1, 0.15) is 136 Å². The summed E-state index contributed by atoms with van der Waals surface area (Å²) in [6.07, 6.45) is 50.4. The van der Waals surface area contributed by atoms with E-state index in [0.29, 0.717) is 19.3 Å². The summed E-state index contributed by atoms with van der Waals surface area (Å²) in [5, 5.41) is 9.59. The van der Waals surface area contributed by atoms with Crippen molar-refractivity contribution in [1.82, 2.24) is 0 Å². The number of carboxylic acids is 1. The van der Waals surface area contributed by atoms with Gasteiger partial charge in [-0.1, -0.05) is 124 Å². The number of allylic oxidation sites excluding steroid dienone is 16. The Hall–Kier alpha value is -3.75. The molecule has 0 amide bonds. The van der Waals surface area contributed by atoms with Crippen molar-refractivity contribution in [1.29, 1.82) is 0 Å². The summed E-state index contributed by atoms with van der Waals surface area (Å²) in [6.45, 7) is 4.40. The van der Waals surface area contributed by atoms with Crippen molar-refractivity contribution in [3.8, 4) is 0 Å². The first-order valence-electron chi connectivity index (χ1n) is 21.3. The highest BCUT2D eigenvalue weighted by Crippen LogP contribution is 2.11. The zero-order valence-electron chi connectivity index (χ0n) is 35.8. The van der Waals surface area contributed by atoms with Gasteiger partial charge in [-0.15, -0.1) is 0 Å². The van der Waals surface area contributed by atoms with E-state index in [-0.39, 0.29) is 42.7 Å². The molecule has 0 aromatic carbocycles. The normalized spacial score (nSPS) is 13.9. The maximum Gasteiger partial charge on any atom is 0.362 e. The van der Waals surface area contributed by atoms with E-state index in [1.807, 2.05) is 21.1 Å². The highest BCUT2D eigenvalue weighted by molar-refractivity contribution is 5.72. The third-order valence-corrected chi connectivity index (χ3v) is 8.73. The molecule has 0 aromatic rings. The van der Waals surface area contributed by atoms with Crippen LogP contribution >= 0.6 is 0 Å². The molecule has 316 valence electrons. The van der Waals surface area contributed by atoms with Gasteiger partial charge in [-0.3, -0.25) is 9.59 Å². The maximum atomic E-state index is 12.6.